The third-order valence-corrected chi connectivity index (χ3v) is 4.05. The first-order valence-corrected chi connectivity index (χ1v) is 7.67. The van der Waals surface area contributed by atoms with Gasteiger partial charge in [0.2, 0.25) is 0 Å². The second-order valence-corrected chi connectivity index (χ2v) is 5.68. The number of carbonyl (C=O) groups excluding carboxylic acids is 1. The molecule has 3 nitrogen and oxygen atoms in total. The number of hydrazone groups is 1. The zero-order valence-electron chi connectivity index (χ0n) is 12.0. The van der Waals surface area contributed by atoms with Gasteiger partial charge in [-0.05, 0) is 29.0 Å². The lowest BCUT2D eigenvalue weighted by Crippen LogP contribution is -2.18. The molecule has 0 radical (unpaired) electrons. The van der Waals surface area contributed by atoms with Gasteiger partial charge < -0.3 is 0 Å². The number of hydrogen-bond acceptors (Lipinski definition) is 2. The first-order chi connectivity index (χ1) is 11.2. The highest BCUT2D eigenvalue weighted by atomic mass is 35.5. The van der Waals surface area contributed by atoms with Crippen LogP contribution in [0.25, 0.3) is 10.8 Å². The number of rotatable bonds is 3. The van der Waals surface area contributed by atoms with Crippen LogP contribution in [0.2, 0.25) is 10.0 Å². The van der Waals surface area contributed by atoms with Gasteiger partial charge in [-0.2, -0.15) is 5.10 Å². The summed E-state index contributed by atoms with van der Waals surface area (Å²) in [6.45, 7) is 0. The Morgan fingerprint density at radius 2 is 1.57 bits per heavy atom. The predicted octanol–water partition coefficient (Wildman–Crippen LogP) is 4.91. The van der Waals surface area contributed by atoms with E-state index < -0.39 is 0 Å². The molecule has 5 heteroatoms. The molecule has 0 spiro atoms. The summed E-state index contributed by atoms with van der Waals surface area (Å²) in [6.07, 6.45) is 1.44. The van der Waals surface area contributed by atoms with Crippen LogP contribution in [-0.2, 0) is 0 Å². The Morgan fingerprint density at radius 1 is 0.913 bits per heavy atom. The van der Waals surface area contributed by atoms with Gasteiger partial charge in [0.1, 0.15) is 0 Å². The molecule has 0 fully saturated rings. The molecule has 1 N–H and O–H groups in total. The average Bonchev–Trinajstić information content (AvgIpc) is 2.57. The fourth-order valence-electron chi connectivity index (χ4n) is 2.27. The molecule has 0 unspecified atom stereocenters. The van der Waals surface area contributed by atoms with E-state index in [-0.39, 0.29) is 5.91 Å². The quantitative estimate of drug-likeness (QED) is 0.533. The van der Waals surface area contributed by atoms with E-state index in [0.29, 0.717) is 21.2 Å². The van der Waals surface area contributed by atoms with Gasteiger partial charge in [0.25, 0.3) is 5.91 Å². The summed E-state index contributed by atoms with van der Waals surface area (Å²) in [5.74, 6) is -0.291. The maximum atomic E-state index is 12.3. The molecule has 3 rings (SSSR count). The number of carbonyl (C=O) groups is 1. The van der Waals surface area contributed by atoms with E-state index in [1.54, 1.807) is 24.3 Å². The van der Waals surface area contributed by atoms with Crippen molar-refractivity contribution in [2.45, 2.75) is 0 Å². The molecule has 0 atom stereocenters. The van der Waals surface area contributed by atoms with Crippen LogP contribution < -0.4 is 5.43 Å². The Bertz CT molecular complexity index is 881. The summed E-state index contributed by atoms with van der Waals surface area (Å²) in [5.41, 5.74) is 3.63. The summed E-state index contributed by atoms with van der Waals surface area (Å²) < 4.78 is 0. The van der Waals surface area contributed by atoms with Gasteiger partial charge in [-0.1, -0.05) is 65.7 Å². The molecule has 0 aromatic heterocycles. The first kappa shape index (κ1) is 15.5. The van der Waals surface area contributed by atoms with Crippen molar-refractivity contribution < 1.29 is 4.79 Å². The molecular weight excluding hydrogens is 331 g/mol. The second kappa shape index (κ2) is 6.82. The SMILES string of the molecule is O=C(N/N=C/c1c(Cl)cccc1Cl)c1cccc2ccccc12. The van der Waals surface area contributed by atoms with E-state index >= 15 is 0 Å². The minimum Gasteiger partial charge on any atom is -0.267 e. The molecule has 23 heavy (non-hydrogen) atoms. The van der Waals surface area contributed by atoms with E-state index in [0.717, 1.165) is 10.8 Å². The van der Waals surface area contributed by atoms with Gasteiger partial charge in [0, 0.05) is 11.1 Å². The molecular formula is C18H12Cl2N2O. The van der Waals surface area contributed by atoms with Gasteiger partial charge in [-0.3, -0.25) is 4.79 Å². The van der Waals surface area contributed by atoms with E-state index in [1.165, 1.54) is 6.21 Å². The lowest BCUT2D eigenvalue weighted by atomic mass is 10.0. The van der Waals surface area contributed by atoms with Crippen LogP contribution in [-0.4, -0.2) is 12.1 Å². The topological polar surface area (TPSA) is 41.5 Å². The van der Waals surface area contributed by atoms with Gasteiger partial charge in [-0.15, -0.1) is 0 Å². The normalized spacial score (nSPS) is 11.0. The van der Waals surface area contributed by atoms with Crippen molar-refractivity contribution in [3.05, 3.63) is 81.8 Å². The third kappa shape index (κ3) is 3.36. The molecule has 1 amide bonds. The maximum Gasteiger partial charge on any atom is 0.271 e. The summed E-state index contributed by atoms with van der Waals surface area (Å²) in [6, 6.07) is 18.4. The van der Waals surface area contributed by atoms with Crippen molar-refractivity contribution in [1.29, 1.82) is 0 Å². The van der Waals surface area contributed by atoms with Crippen LogP contribution in [0.3, 0.4) is 0 Å². The summed E-state index contributed by atoms with van der Waals surface area (Å²) in [5, 5.41) is 6.77. The van der Waals surface area contributed by atoms with Crippen LogP contribution in [0, 0.1) is 0 Å². The number of hydrogen-bond donors (Lipinski definition) is 1. The molecule has 0 bridgehead atoms. The number of nitrogens with one attached hydrogen (secondary N) is 1. The zero-order chi connectivity index (χ0) is 16.2. The minimum atomic E-state index is -0.291. The highest BCUT2D eigenvalue weighted by Crippen LogP contribution is 2.22. The Kier molecular flexibility index (Phi) is 4.60. The average molecular weight is 343 g/mol. The van der Waals surface area contributed by atoms with Crippen LogP contribution in [0.1, 0.15) is 15.9 Å². The van der Waals surface area contributed by atoms with Crippen molar-refractivity contribution in [3.63, 3.8) is 0 Å². The Hall–Kier alpha value is -2.36. The van der Waals surface area contributed by atoms with E-state index in [9.17, 15) is 4.79 Å². The number of benzene rings is 3. The summed E-state index contributed by atoms with van der Waals surface area (Å²) in [4.78, 5) is 12.3. The Labute approximate surface area is 143 Å². The van der Waals surface area contributed by atoms with Crippen LogP contribution >= 0.6 is 23.2 Å². The van der Waals surface area contributed by atoms with Crippen molar-refractivity contribution in [1.82, 2.24) is 5.43 Å². The van der Waals surface area contributed by atoms with Crippen molar-refractivity contribution >= 4 is 46.1 Å². The number of amides is 1. The van der Waals surface area contributed by atoms with Crippen molar-refractivity contribution in [3.8, 4) is 0 Å². The fraction of sp³-hybridized carbons (Fsp3) is 0. The van der Waals surface area contributed by atoms with Gasteiger partial charge in [-0.25, -0.2) is 5.43 Å². The monoisotopic (exact) mass is 342 g/mol. The largest absolute Gasteiger partial charge is 0.271 e. The fourth-order valence-corrected chi connectivity index (χ4v) is 2.77. The molecule has 0 heterocycles. The number of fused-ring (bicyclic) bond motifs is 1. The van der Waals surface area contributed by atoms with Crippen LogP contribution in [0.4, 0.5) is 0 Å². The Morgan fingerprint density at radius 3 is 2.35 bits per heavy atom. The maximum absolute atomic E-state index is 12.3. The molecule has 3 aromatic rings. The van der Waals surface area contributed by atoms with Crippen molar-refractivity contribution in [2.75, 3.05) is 0 Å². The first-order valence-electron chi connectivity index (χ1n) is 6.92. The summed E-state index contributed by atoms with van der Waals surface area (Å²) in [7, 11) is 0. The summed E-state index contributed by atoms with van der Waals surface area (Å²) >= 11 is 12.1. The zero-order valence-corrected chi connectivity index (χ0v) is 13.5. The minimum absolute atomic E-state index is 0.291. The smallest absolute Gasteiger partial charge is 0.267 e. The van der Waals surface area contributed by atoms with Crippen LogP contribution in [0.5, 0.6) is 0 Å². The molecule has 0 saturated heterocycles. The predicted molar refractivity (Wildman–Crippen MR) is 95.5 cm³/mol. The molecule has 0 aliphatic carbocycles. The van der Waals surface area contributed by atoms with E-state index in [1.807, 2.05) is 36.4 Å². The standard InChI is InChI=1S/C18H12Cl2N2O/c19-16-9-4-10-17(20)15(16)11-21-22-18(23)14-8-3-6-12-5-1-2-7-13(12)14/h1-11H,(H,22,23)/b21-11+. The molecule has 114 valence electrons. The van der Waals surface area contributed by atoms with E-state index in [4.69, 9.17) is 23.2 Å². The molecule has 3 aromatic carbocycles. The van der Waals surface area contributed by atoms with Gasteiger partial charge in [0.05, 0.1) is 16.3 Å². The van der Waals surface area contributed by atoms with Crippen molar-refractivity contribution in [2.24, 2.45) is 5.10 Å². The van der Waals surface area contributed by atoms with Crippen LogP contribution in [0.15, 0.2) is 65.8 Å². The molecule has 0 aliphatic rings. The van der Waals surface area contributed by atoms with E-state index in [2.05, 4.69) is 10.5 Å². The Balaban J connectivity index is 1.83. The lowest BCUT2D eigenvalue weighted by Gasteiger charge is -2.05. The highest BCUT2D eigenvalue weighted by molar-refractivity contribution is 6.38. The molecule has 0 aliphatic heterocycles. The number of nitrogens with zero attached hydrogens (tertiary/aromatic N) is 1. The third-order valence-electron chi connectivity index (χ3n) is 3.39. The van der Waals surface area contributed by atoms with Gasteiger partial charge in [0.15, 0.2) is 0 Å². The molecule has 0 saturated carbocycles. The lowest BCUT2D eigenvalue weighted by molar-refractivity contribution is 0.0957. The number of halogens is 2. The highest BCUT2D eigenvalue weighted by Gasteiger charge is 2.08. The van der Waals surface area contributed by atoms with Gasteiger partial charge >= 0.3 is 0 Å². The second-order valence-electron chi connectivity index (χ2n) is 4.86.